The quantitative estimate of drug-likeness (QED) is 0.491. The Morgan fingerprint density at radius 3 is 2.83 bits per heavy atom. The predicted octanol–water partition coefficient (Wildman–Crippen LogP) is 4.99. The fourth-order valence-corrected chi connectivity index (χ4v) is 3.55. The molecule has 5 heteroatoms. The number of rotatable bonds is 5. The van der Waals surface area contributed by atoms with Crippen LogP contribution in [0.5, 0.6) is 0 Å². The highest BCUT2D eigenvalue weighted by Gasteiger charge is 2.08. The fraction of sp³-hybridized carbons (Fsp3) is 0.385. The van der Waals surface area contributed by atoms with Crippen molar-refractivity contribution in [3.05, 3.63) is 32.7 Å². The van der Waals surface area contributed by atoms with E-state index in [1.165, 1.54) is 19.2 Å². The maximum atomic E-state index is 5.82. The summed E-state index contributed by atoms with van der Waals surface area (Å²) in [4.78, 5) is 2.38. The molecule has 0 amide bonds. The van der Waals surface area contributed by atoms with Crippen LogP contribution in [0.25, 0.3) is 10.1 Å². The summed E-state index contributed by atoms with van der Waals surface area (Å²) in [6.07, 6.45) is 0. The van der Waals surface area contributed by atoms with Crippen molar-refractivity contribution in [3.63, 3.8) is 0 Å². The first kappa shape index (κ1) is 16.5. The molecule has 2 aromatic rings. The minimum Gasteiger partial charge on any atom is -0.298 e. The lowest BCUT2D eigenvalue weighted by Crippen LogP contribution is -2.24. The molecule has 0 atom stereocenters. The molecule has 18 heavy (non-hydrogen) atoms. The minimum atomic E-state index is 0. The number of fused-ring (bicyclic) bond motifs is 1. The highest BCUT2D eigenvalue weighted by molar-refractivity contribution is 14.1. The van der Waals surface area contributed by atoms with Gasteiger partial charge in [0.1, 0.15) is 0 Å². The monoisotopic (exact) mass is 415 g/mol. The normalized spacial score (nSPS) is 10.9. The van der Waals surface area contributed by atoms with Gasteiger partial charge in [0.05, 0.1) is 0 Å². The van der Waals surface area contributed by atoms with Crippen molar-refractivity contribution in [1.29, 1.82) is 0 Å². The van der Waals surface area contributed by atoms with Crippen molar-refractivity contribution >= 4 is 68.0 Å². The standard InChI is InChI=1S/C13H15ClINS.ClH/c1-2-16(6-5-14)8-10-9-17-13-4-3-11(15)7-12(10)13;/h3-4,7,9H,2,5-6,8H2,1H3;1H. The molecule has 0 aliphatic carbocycles. The maximum absolute atomic E-state index is 5.82. The van der Waals surface area contributed by atoms with E-state index >= 15 is 0 Å². The molecule has 1 aromatic heterocycles. The molecular weight excluding hydrogens is 400 g/mol. The predicted molar refractivity (Wildman–Crippen MR) is 93.5 cm³/mol. The second-order valence-corrected chi connectivity index (χ2v) is 6.49. The van der Waals surface area contributed by atoms with Crippen molar-refractivity contribution in [1.82, 2.24) is 4.90 Å². The molecule has 0 saturated heterocycles. The average Bonchev–Trinajstić information content (AvgIpc) is 2.71. The number of nitrogens with zero attached hydrogens (tertiary/aromatic N) is 1. The van der Waals surface area contributed by atoms with Gasteiger partial charge in [-0.3, -0.25) is 4.90 Å². The Hall–Kier alpha value is 0.450. The summed E-state index contributed by atoms with van der Waals surface area (Å²) in [5, 5.41) is 3.67. The SMILES string of the molecule is CCN(CCCl)Cc1csc2ccc(I)cc12.Cl. The first-order valence-electron chi connectivity index (χ1n) is 5.68. The Bertz CT molecular complexity index is 501. The number of hydrogen-bond acceptors (Lipinski definition) is 2. The second kappa shape index (κ2) is 7.90. The summed E-state index contributed by atoms with van der Waals surface area (Å²) in [6, 6.07) is 6.65. The molecule has 100 valence electrons. The first-order chi connectivity index (χ1) is 8.24. The molecule has 0 aliphatic rings. The van der Waals surface area contributed by atoms with Crippen LogP contribution in [0.2, 0.25) is 0 Å². The molecule has 2 rings (SSSR count). The van der Waals surface area contributed by atoms with Crippen LogP contribution in [0, 0.1) is 3.57 Å². The van der Waals surface area contributed by atoms with Crippen LogP contribution >= 0.6 is 57.9 Å². The number of alkyl halides is 1. The average molecular weight is 416 g/mol. The summed E-state index contributed by atoms with van der Waals surface area (Å²) in [5.74, 6) is 0.702. The molecule has 0 aliphatic heterocycles. The van der Waals surface area contributed by atoms with Gasteiger partial charge < -0.3 is 0 Å². The van der Waals surface area contributed by atoms with Gasteiger partial charge in [0, 0.05) is 27.2 Å². The van der Waals surface area contributed by atoms with E-state index in [9.17, 15) is 0 Å². The van der Waals surface area contributed by atoms with Crippen molar-refractivity contribution in [2.24, 2.45) is 0 Å². The third kappa shape index (κ3) is 3.97. The van der Waals surface area contributed by atoms with Crippen LogP contribution < -0.4 is 0 Å². The summed E-state index contributed by atoms with van der Waals surface area (Å²) in [7, 11) is 0. The number of benzene rings is 1. The van der Waals surface area contributed by atoms with Crippen molar-refractivity contribution in [2.75, 3.05) is 19.0 Å². The molecule has 1 aromatic carbocycles. The van der Waals surface area contributed by atoms with Crippen LogP contribution in [0.3, 0.4) is 0 Å². The van der Waals surface area contributed by atoms with E-state index in [4.69, 9.17) is 11.6 Å². The van der Waals surface area contributed by atoms with E-state index in [1.54, 1.807) is 0 Å². The maximum Gasteiger partial charge on any atom is 0.0351 e. The third-order valence-electron chi connectivity index (χ3n) is 2.86. The van der Waals surface area contributed by atoms with E-state index < -0.39 is 0 Å². The highest BCUT2D eigenvalue weighted by atomic mass is 127. The second-order valence-electron chi connectivity index (χ2n) is 3.96. The van der Waals surface area contributed by atoms with Gasteiger partial charge in [0.2, 0.25) is 0 Å². The van der Waals surface area contributed by atoms with Gasteiger partial charge in [-0.25, -0.2) is 0 Å². The van der Waals surface area contributed by atoms with Gasteiger partial charge in [-0.2, -0.15) is 0 Å². The zero-order valence-electron chi connectivity index (χ0n) is 10.2. The molecule has 0 radical (unpaired) electrons. The summed E-state index contributed by atoms with van der Waals surface area (Å²) < 4.78 is 2.68. The molecule has 0 bridgehead atoms. The van der Waals surface area contributed by atoms with Crippen LogP contribution in [0.4, 0.5) is 0 Å². The van der Waals surface area contributed by atoms with E-state index in [0.29, 0.717) is 5.88 Å². The highest BCUT2D eigenvalue weighted by Crippen LogP contribution is 2.28. The lowest BCUT2D eigenvalue weighted by molar-refractivity contribution is 0.299. The molecule has 0 spiro atoms. The van der Waals surface area contributed by atoms with Gasteiger partial charge in [0.25, 0.3) is 0 Å². The third-order valence-corrected chi connectivity index (χ3v) is 4.71. The molecule has 0 fully saturated rings. The van der Waals surface area contributed by atoms with Gasteiger partial charge in [-0.05, 0) is 63.7 Å². The zero-order valence-corrected chi connectivity index (χ0v) is 14.7. The van der Waals surface area contributed by atoms with E-state index in [1.807, 2.05) is 11.3 Å². The van der Waals surface area contributed by atoms with E-state index in [-0.39, 0.29) is 12.4 Å². The Morgan fingerprint density at radius 1 is 1.39 bits per heavy atom. The number of thiophene rings is 1. The Morgan fingerprint density at radius 2 is 2.17 bits per heavy atom. The van der Waals surface area contributed by atoms with Crippen molar-refractivity contribution in [2.45, 2.75) is 13.5 Å². The van der Waals surface area contributed by atoms with Crippen molar-refractivity contribution < 1.29 is 0 Å². The van der Waals surface area contributed by atoms with Crippen molar-refractivity contribution in [3.8, 4) is 0 Å². The largest absolute Gasteiger partial charge is 0.298 e. The van der Waals surface area contributed by atoms with Crippen LogP contribution in [0.15, 0.2) is 23.6 Å². The van der Waals surface area contributed by atoms with Crippen LogP contribution in [-0.2, 0) is 6.54 Å². The van der Waals surface area contributed by atoms with Crippen LogP contribution in [-0.4, -0.2) is 23.9 Å². The summed E-state index contributed by atoms with van der Waals surface area (Å²) >= 11 is 10.0. The molecule has 0 saturated carbocycles. The first-order valence-corrected chi connectivity index (χ1v) is 8.18. The summed E-state index contributed by atoms with van der Waals surface area (Å²) in [5.41, 5.74) is 1.43. The summed E-state index contributed by atoms with van der Waals surface area (Å²) in [6.45, 7) is 5.20. The fourth-order valence-electron chi connectivity index (χ4n) is 1.89. The Labute approximate surface area is 137 Å². The zero-order chi connectivity index (χ0) is 12.3. The van der Waals surface area contributed by atoms with E-state index in [0.717, 1.165) is 19.6 Å². The van der Waals surface area contributed by atoms with Gasteiger partial charge in [0.15, 0.2) is 0 Å². The van der Waals surface area contributed by atoms with E-state index in [2.05, 4.69) is 58.0 Å². The topological polar surface area (TPSA) is 3.24 Å². The van der Waals surface area contributed by atoms with Gasteiger partial charge >= 0.3 is 0 Å². The Kier molecular flexibility index (Phi) is 7.24. The number of hydrogen-bond donors (Lipinski definition) is 0. The molecule has 1 nitrogen and oxygen atoms in total. The molecular formula is C13H16Cl2INS. The Balaban J connectivity index is 0.00000162. The van der Waals surface area contributed by atoms with Gasteiger partial charge in [-0.15, -0.1) is 35.3 Å². The minimum absolute atomic E-state index is 0. The molecule has 1 heterocycles. The smallest absolute Gasteiger partial charge is 0.0351 e. The number of halogens is 3. The lowest BCUT2D eigenvalue weighted by atomic mass is 10.1. The molecule has 0 unspecified atom stereocenters. The van der Waals surface area contributed by atoms with Crippen LogP contribution in [0.1, 0.15) is 12.5 Å². The lowest BCUT2D eigenvalue weighted by Gasteiger charge is -2.18. The van der Waals surface area contributed by atoms with Gasteiger partial charge in [-0.1, -0.05) is 6.92 Å². The molecule has 0 N–H and O–H groups in total.